The number of piperidine rings is 3. The highest BCUT2D eigenvalue weighted by Crippen LogP contribution is 2.30. The summed E-state index contributed by atoms with van der Waals surface area (Å²) in [5.74, 6) is 0.810. The van der Waals surface area contributed by atoms with Crippen LogP contribution in [0.4, 0.5) is 0 Å². The topological polar surface area (TPSA) is 35.6 Å². The molecule has 3 heterocycles. The minimum Gasteiger partial charge on any atom is -0.350 e. The molecule has 0 aromatic heterocycles. The average molecular weight is 344 g/mol. The van der Waals surface area contributed by atoms with E-state index in [9.17, 15) is 4.79 Å². The highest BCUT2D eigenvalue weighted by Gasteiger charge is 2.38. The van der Waals surface area contributed by atoms with Gasteiger partial charge in [-0.3, -0.25) is 9.69 Å². The van der Waals surface area contributed by atoms with Gasteiger partial charge in [0.05, 0.1) is 0 Å². The second-order valence-corrected chi connectivity index (χ2v) is 8.20. The van der Waals surface area contributed by atoms with Crippen LogP contribution in [0, 0.1) is 5.92 Å². The number of rotatable bonds is 6. The van der Waals surface area contributed by atoms with Gasteiger partial charge in [0, 0.05) is 24.7 Å². The highest BCUT2D eigenvalue weighted by atomic mass is 16.2. The van der Waals surface area contributed by atoms with E-state index in [1.54, 1.807) is 0 Å². The highest BCUT2D eigenvalue weighted by molar-refractivity contribution is 5.83. The van der Waals surface area contributed by atoms with Gasteiger partial charge in [0.25, 0.3) is 0 Å². The number of benzene rings is 1. The lowest BCUT2D eigenvalue weighted by Crippen LogP contribution is -2.59. The van der Waals surface area contributed by atoms with Gasteiger partial charge in [0.1, 0.15) is 6.04 Å². The fourth-order valence-electron chi connectivity index (χ4n) is 4.68. The SMILES string of the molecule is CC(C)N(C(C)C)C(C(=O)NC1CN2CCC1CC2)c1ccccc1. The van der Waals surface area contributed by atoms with E-state index in [2.05, 4.69) is 54.9 Å². The van der Waals surface area contributed by atoms with Crippen molar-refractivity contribution in [3.05, 3.63) is 35.9 Å². The summed E-state index contributed by atoms with van der Waals surface area (Å²) in [6.45, 7) is 12.1. The molecule has 3 aliphatic heterocycles. The number of nitrogens with zero attached hydrogens (tertiary/aromatic N) is 2. The summed E-state index contributed by atoms with van der Waals surface area (Å²) in [5.41, 5.74) is 1.09. The van der Waals surface area contributed by atoms with Gasteiger partial charge in [0.2, 0.25) is 5.91 Å². The molecular formula is C21H33N3O. The molecule has 25 heavy (non-hydrogen) atoms. The minimum absolute atomic E-state index is 0.160. The van der Waals surface area contributed by atoms with E-state index < -0.39 is 0 Å². The lowest BCUT2D eigenvalue weighted by atomic mass is 9.84. The Bertz CT molecular complexity index is 556. The van der Waals surface area contributed by atoms with E-state index in [0.717, 1.165) is 12.1 Å². The van der Waals surface area contributed by atoms with Gasteiger partial charge in [-0.05, 0) is 65.1 Å². The first-order valence-electron chi connectivity index (χ1n) is 9.82. The Balaban J connectivity index is 1.82. The lowest BCUT2D eigenvalue weighted by Gasteiger charge is -2.46. The summed E-state index contributed by atoms with van der Waals surface area (Å²) >= 11 is 0. The molecule has 0 aliphatic carbocycles. The molecule has 4 nitrogen and oxygen atoms in total. The summed E-state index contributed by atoms with van der Waals surface area (Å²) in [6.07, 6.45) is 2.44. The molecule has 138 valence electrons. The minimum atomic E-state index is -0.225. The molecule has 0 spiro atoms. The van der Waals surface area contributed by atoms with Gasteiger partial charge in [-0.15, -0.1) is 0 Å². The summed E-state index contributed by atoms with van der Waals surface area (Å²) in [4.78, 5) is 18.2. The molecule has 2 unspecified atom stereocenters. The van der Waals surface area contributed by atoms with Gasteiger partial charge in [0.15, 0.2) is 0 Å². The monoisotopic (exact) mass is 343 g/mol. The Morgan fingerprint density at radius 1 is 1.08 bits per heavy atom. The zero-order valence-corrected chi connectivity index (χ0v) is 16.1. The van der Waals surface area contributed by atoms with Crippen LogP contribution in [-0.2, 0) is 4.79 Å². The molecule has 3 saturated heterocycles. The Morgan fingerprint density at radius 2 is 1.68 bits per heavy atom. The average Bonchev–Trinajstić information content (AvgIpc) is 2.60. The van der Waals surface area contributed by atoms with Crippen molar-refractivity contribution >= 4 is 5.91 Å². The molecule has 1 aromatic carbocycles. The van der Waals surface area contributed by atoms with Gasteiger partial charge < -0.3 is 10.2 Å². The van der Waals surface area contributed by atoms with Crippen molar-refractivity contribution in [2.75, 3.05) is 19.6 Å². The third-order valence-corrected chi connectivity index (χ3v) is 5.84. The van der Waals surface area contributed by atoms with E-state index in [1.807, 2.05) is 18.2 Å². The molecule has 0 radical (unpaired) electrons. The molecule has 2 atom stereocenters. The Hall–Kier alpha value is -1.39. The van der Waals surface area contributed by atoms with Crippen molar-refractivity contribution in [1.29, 1.82) is 0 Å². The van der Waals surface area contributed by atoms with Crippen molar-refractivity contribution in [3.63, 3.8) is 0 Å². The van der Waals surface area contributed by atoms with Crippen LogP contribution in [-0.4, -0.2) is 53.5 Å². The van der Waals surface area contributed by atoms with Crippen LogP contribution in [0.2, 0.25) is 0 Å². The van der Waals surface area contributed by atoms with Crippen LogP contribution in [0.15, 0.2) is 30.3 Å². The molecule has 0 saturated carbocycles. The zero-order chi connectivity index (χ0) is 18.0. The summed E-state index contributed by atoms with van der Waals surface area (Å²) in [6, 6.07) is 10.9. The molecule has 2 bridgehead atoms. The third-order valence-electron chi connectivity index (χ3n) is 5.84. The van der Waals surface area contributed by atoms with E-state index in [1.165, 1.54) is 25.9 Å². The third kappa shape index (κ3) is 4.06. The molecule has 1 amide bonds. The molecule has 1 aromatic rings. The standard InChI is InChI=1S/C21H33N3O/c1-15(2)24(16(3)4)20(18-8-6-5-7-9-18)21(25)22-19-14-23-12-10-17(19)11-13-23/h5-9,15-17,19-20H,10-14H2,1-4H3,(H,22,25). The van der Waals surface area contributed by atoms with Crippen molar-refractivity contribution < 1.29 is 4.79 Å². The Kier molecular flexibility index (Phi) is 5.80. The first kappa shape index (κ1) is 18.4. The maximum Gasteiger partial charge on any atom is 0.242 e. The second kappa shape index (κ2) is 7.88. The second-order valence-electron chi connectivity index (χ2n) is 8.20. The van der Waals surface area contributed by atoms with Crippen LogP contribution in [0.25, 0.3) is 0 Å². The molecular weight excluding hydrogens is 310 g/mol. The number of hydrogen-bond acceptors (Lipinski definition) is 3. The van der Waals surface area contributed by atoms with E-state index in [0.29, 0.717) is 24.0 Å². The maximum absolute atomic E-state index is 13.4. The molecule has 3 aliphatic rings. The predicted octanol–water partition coefficient (Wildman–Crippen LogP) is 3.06. The first-order chi connectivity index (χ1) is 12.0. The van der Waals surface area contributed by atoms with Crippen LogP contribution in [0.5, 0.6) is 0 Å². The smallest absolute Gasteiger partial charge is 0.242 e. The number of nitrogens with one attached hydrogen (secondary N) is 1. The summed E-state index contributed by atoms with van der Waals surface area (Å²) < 4.78 is 0. The van der Waals surface area contributed by atoms with Gasteiger partial charge in [-0.25, -0.2) is 0 Å². The Labute approximate surface area is 152 Å². The van der Waals surface area contributed by atoms with Crippen molar-refractivity contribution in [2.45, 2.75) is 64.7 Å². The Morgan fingerprint density at radius 3 is 2.16 bits per heavy atom. The van der Waals surface area contributed by atoms with E-state index in [4.69, 9.17) is 0 Å². The maximum atomic E-state index is 13.4. The van der Waals surface area contributed by atoms with Gasteiger partial charge in [-0.1, -0.05) is 30.3 Å². The van der Waals surface area contributed by atoms with Crippen LogP contribution in [0.3, 0.4) is 0 Å². The van der Waals surface area contributed by atoms with Crippen LogP contribution < -0.4 is 5.32 Å². The van der Waals surface area contributed by atoms with Crippen LogP contribution in [0.1, 0.15) is 52.1 Å². The number of fused-ring (bicyclic) bond motifs is 3. The normalized spacial score (nSPS) is 27.1. The fourth-order valence-corrected chi connectivity index (χ4v) is 4.68. The number of hydrogen-bond donors (Lipinski definition) is 1. The summed E-state index contributed by atoms with van der Waals surface area (Å²) in [5, 5.41) is 3.42. The summed E-state index contributed by atoms with van der Waals surface area (Å²) in [7, 11) is 0. The van der Waals surface area contributed by atoms with Crippen molar-refractivity contribution in [3.8, 4) is 0 Å². The molecule has 1 N–H and O–H groups in total. The largest absolute Gasteiger partial charge is 0.350 e. The zero-order valence-electron chi connectivity index (χ0n) is 16.1. The number of carbonyl (C=O) groups excluding carboxylic acids is 1. The fraction of sp³-hybridized carbons (Fsp3) is 0.667. The quantitative estimate of drug-likeness (QED) is 0.862. The lowest BCUT2D eigenvalue weighted by molar-refractivity contribution is -0.130. The van der Waals surface area contributed by atoms with Gasteiger partial charge >= 0.3 is 0 Å². The molecule has 4 heteroatoms. The molecule has 3 fully saturated rings. The van der Waals surface area contributed by atoms with Crippen LogP contribution >= 0.6 is 0 Å². The predicted molar refractivity (Wildman–Crippen MR) is 102 cm³/mol. The number of amides is 1. The van der Waals surface area contributed by atoms with E-state index >= 15 is 0 Å². The first-order valence-corrected chi connectivity index (χ1v) is 9.82. The van der Waals surface area contributed by atoms with Crippen molar-refractivity contribution in [1.82, 2.24) is 15.1 Å². The van der Waals surface area contributed by atoms with Crippen molar-refractivity contribution in [2.24, 2.45) is 5.92 Å². The van der Waals surface area contributed by atoms with E-state index in [-0.39, 0.29) is 11.9 Å². The number of carbonyl (C=O) groups is 1. The van der Waals surface area contributed by atoms with Gasteiger partial charge in [-0.2, -0.15) is 0 Å². The molecule has 4 rings (SSSR count).